The summed E-state index contributed by atoms with van der Waals surface area (Å²) in [5, 5.41) is 1.01. The van der Waals surface area contributed by atoms with Gasteiger partial charge in [0.2, 0.25) is 0 Å². The van der Waals surface area contributed by atoms with Crippen LogP contribution in [0.15, 0.2) is 39.8 Å². The Hall–Kier alpha value is -1.33. The van der Waals surface area contributed by atoms with E-state index in [1.807, 2.05) is 13.0 Å². The maximum atomic E-state index is 11.5. The Bertz CT molecular complexity index is 653. The SMILES string of the molecule is COC(=O)c1ccc(CSc2cc(C)cc(C)n2)c(Br)c1. The number of carbonyl (C=O) groups excluding carboxylic acids is 1. The first-order chi connectivity index (χ1) is 9.99. The molecule has 0 aliphatic heterocycles. The van der Waals surface area contributed by atoms with Crippen LogP contribution >= 0.6 is 27.7 Å². The lowest BCUT2D eigenvalue weighted by atomic mass is 10.1. The maximum absolute atomic E-state index is 11.5. The first-order valence-corrected chi connectivity index (χ1v) is 8.22. The molecule has 0 bridgehead atoms. The third kappa shape index (κ3) is 4.32. The molecule has 2 rings (SSSR count). The first-order valence-electron chi connectivity index (χ1n) is 6.44. The second-order valence-corrected chi connectivity index (χ2v) is 6.56. The molecule has 2 aromatic rings. The molecule has 0 amide bonds. The van der Waals surface area contributed by atoms with E-state index < -0.39 is 0 Å². The quantitative estimate of drug-likeness (QED) is 0.588. The van der Waals surface area contributed by atoms with Gasteiger partial charge < -0.3 is 4.74 Å². The number of aromatic nitrogens is 1. The Morgan fingerprint density at radius 2 is 2.05 bits per heavy atom. The Kier molecular flexibility index (Phi) is 5.42. The molecule has 1 aromatic heterocycles. The number of rotatable bonds is 4. The van der Waals surface area contributed by atoms with Crippen LogP contribution in [0.4, 0.5) is 0 Å². The molecule has 110 valence electrons. The van der Waals surface area contributed by atoms with E-state index in [2.05, 4.69) is 40.0 Å². The molecule has 0 aliphatic rings. The van der Waals surface area contributed by atoms with Crippen LogP contribution in [-0.4, -0.2) is 18.1 Å². The number of aryl methyl sites for hydroxylation is 2. The van der Waals surface area contributed by atoms with Crippen molar-refractivity contribution in [3.63, 3.8) is 0 Å². The standard InChI is InChI=1S/C16H16BrNO2S/c1-10-6-11(2)18-15(7-10)21-9-13-5-4-12(8-14(13)17)16(19)20-3/h4-8H,9H2,1-3H3. The Balaban J connectivity index is 2.11. The van der Waals surface area contributed by atoms with Crippen LogP contribution < -0.4 is 0 Å². The number of halogens is 1. The molecule has 0 radical (unpaired) electrons. The van der Waals surface area contributed by atoms with Gasteiger partial charge in [0.1, 0.15) is 0 Å². The molecule has 0 unspecified atom stereocenters. The third-order valence-corrected chi connectivity index (χ3v) is 4.62. The van der Waals surface area contributed by atoms with E-state index in [1.54, 1.807) is 23.9 Å². The molecule has 0 fully saturated rings. The van der Waals surface area contributed by atoms with Crippen LogP contribution in [0.1, 0.15) is 27.2 Å². The third-order valence-electron chi connectivity index (χ3n) is 2.92. The van der Waals surface area contributed by atoms with Crippen molar-refractivity contribution >= 4 is 33.7 Å². The fourth-order valence-electron chi connectivity index (χ4n) is 1.94. The first kappa shape index (κ1) is 16.0. The van der Waals surface area contributed by atoms with Gasteiger partial charge in [-0.3, -0.25) is 0 Å². The number of hydrogen-bond acceptors (Lipinski definition) is 4. The monoisotopic (exact) mass is 365 g/mol. The average Bonchev–Trinajstić information content (AvgIpc) is 2.44. The predicted molar refractivity (Wildman–Crippen MR) is 88.8 cm³/mol. The van der Waals surface area contributed by atoms with E-state index >= 15 is 0 Å². The summed E-state index contributed by atoms with van der Waals surface area (Å²) in [5.74, 6) is 0.462. The summed E-state index contributed by atoms with van der Waals surface area (Å²) in [6, 6.07) is 9.64. The van der Waals surface area contributed by atoms with Gasteiger partial charge in [-0.15, -0.1) is 11.8 Å². The summed E-state index contributed by atoms with van der Waals surface area (Å²) < 4.78 is 5.62. The molecule has 0 aliphatic carbocycles. The van der Waals surface area contributed by atoms with Crippen molar-refractivity contribution in [3.8, 4) is 0 Å². The van der Waals surface area contributed by atoms with Crippen molar-refractivity contribution < 1.29 is 9.53 Å². The summed E-state index contributed by atoms with van der Waals surface area (Å²) in [4.78, 5) is 16.0. The molecule has 5 heteroatoms. The largest absolute Gasteiger partial charge is 0.465 e. The molecular formula is C16H16BrNO2S. The fourth-order valence-corrected chi connectivity index (χ4v) is 3.68. The number of benzene rings is 1. The summed E-state index contributed by atoms with van der Waals surface area (Å²) in [6.45, 7) is 4.07. The minimum atomic E-state index is -0.328. The number of nitrogens with zero attached hydrogens (tertiary/aromatic N) is 1. The van der Waals surface area contributed by atoms with Crippen LogP contribution in [-0.2, 0) is 10.5 Å². The normalized spacial score (nSPS) is 10.5. The zero-order valence-electron chi connectivity index (χ0n) is 12.1. The molecule has 1 heterocycles. The summed E-state index contributed by atoms with van der Waals surface area (Å²) in [7, 11) is 1.38. The van der Waals surface area contributed by atoms with Crippen LogP contribution in [0.3, 0.4) is 0 Å². The molecule has 0 N–H and O–H groups in total. The fraction of sp³-hybridized carbons (Fsp3) is 0.250. The van der Waals surface area contributed by atoms with E-state index in [9.17, 15) is 4.79 Å². The second-order valence-electron chi connectivity index (χ2n) is 4.71. The Morgan fingerprint density at radius 1 is 1.29 bits per heavy atom. The number of esters is 1. The lowest BCUT2D eigenvalue weighted by molar-refractivity contribution is 0.0600. The molecular weight excluding hydrogens is 350 g/mol. The van der Waals surface area contributed by atoms with Gasteiger partial charge in [-0.25, -0.2) is 9.78 Å². The lowest BCUT2D eigenvalue weighted by Crippen LogP contribution is -2.01. The highest BCUT2D eigenvalue weighted by atomic mass is 79.9. The number of carbonyl (C=O) groups is 1. The Morgan fingerprint density at radius 3 is 2.67 bits per heavy atom. The molecule has 21 heavy (non-hydrogen) atoms. The molecule has 0 spiro atoms. The Labute approximate surface area is 137 Å². The van der Waals surface area contributed by atoms with Gasteiger partial charge in [0, 0.05) is 15.9 Å². The lowest BCUT2D eigenvalue weighted by Gasteiger charge is -2.07. The van der Waals surface area contributed by atoms with Crippen molar-refractivity contribution in [3.05, 3.63) is 57.2 Å². The van der Waals surface area contributed by atoms with Crippen molar-refractivity contribution in [2.24, 2.45) is 0 Å². The van der Waals surface area contributed by atoms with Gasteiger partial charge in [0.15, 0.2) is 0 Å². The van der Waals surface area contributed by atoms with E-state index in [1.165, 1.54) is 12.7 Å². The van der Waals surface area contributed by atoms with Crippen molar-refractivity contribution in [1.82, 2.24) is 4.98 Å². The highest BCUT2D eigenvalue weighted by molar-refractivity contribution is 9.10. The zero-order chi connectivity index (χ0) is 15.4. The minimum Gasteiger partial charge on any atom is -0.465 e. The van der Waals surface area contributed by atoms with Crippen LogP contribution in [0.5, 0.6) is 0 Å². The van der Waals surface area contributed by atoms with Gasteiger partial charge in [0.05, 0.1) is 17.7 Å². The van der Waals surface area contributed by atoms with Crippen molar-refractivity contribution in [2.45, 2.75) is 24.6 Å². The number of ether oxygens (including phenoxy) is 1. The van der Waals surface area contributed by atoms with E-state index in [4.69, 9.17) is 4.74 Å². The molecule has 3 nitrogen and oxygen atoms in total. The van der Waals surface area contributed by atoms with Crippen LogP contribution in [0.25, 0.3) is 0 Å². The number of thioether (sulfide) groups is 1. The minimum absolute atomic E-state index is 0.328. The second kappa shape index (κ2) is 7.09. The zero-order valence-corrected chi connectivity index (χ0v) is 14.5. The summed E-state index contributed by atoms with van der Waals surface area (Å²) in [6.07, 6.45) is 0. The smallest absolute Gasteiger partial charge is 0.337 e. The molecule has 0 atom stereocenters. The average molecular weight is 366 g/mol. The highest BCUT2D eigenvalue weighted by Crippen LogP contribution is 2.27. The van der Waals surface area contributed by atoms with Gasteiger partial charge >= 0.3 is 5.97 Å². The maximum Gasteiger partial charge on any atom is 0.337 e. The van der Waals surface area contributed by atoms with E-state index in [0.717, 1.165) is 26.5 Å². The van der Waals surface area contributed by atoms with Crippen molar-refractivity contribution in [2.75, 3.05) is 7.11 Å². The van der Waals surface area contributed by atoms with Gasteiger partial charge in [-0.05, 0) is 49.2 Å². The van der Waals surface area contributed by atoms with Crippen LogP contribution in [0.2, 0.25) is 0 Å². The number of pyridine rings is 1. The van der Waals surface area contributed by atoms with Gasteiger partial charge in [0.25, 0.3) is 0 Å². The molecule has 1 aromatic carbocycles. The van der Waals surface area contributed by atoms with Crippen molar-refractivity contribution in [1.29, 1.82) is 0 Å². The van der Waals surface area contributed by atoms with E-state index in [0.29, 0.717) is 5.56 Å². The van der Waals surface area contributed by atoms with Crippen LogP contribution in [0, 0.1) is 13.8 Å². The highest BCUT2D eigenvalue weighted by Gasteiger charge is 2.09. The van der Waals surface area contributed by atoms with Gasteiger partial charge in [-0.1, -0.05) is 22.0 Å². The molecule has 0 saturated heterocycles. The predicted octanol–water partition coefficient (Wildman–Crippen LogP) is 4.54. The summed E-state index contributed by atoms with van der Waals surface area (Å²) in [5.41, 5.74) is 3.90. The molecule has 0 saturated carbocycles. The number of hydrogen-bond donors (Lipinski definition) is 0. The van der Waals surface area contributed by atoms with E-state index in [-0.39, 0.29) is 5.97 Å². The number of methoxy groups -OCH3 is 1. The summed E-state index contributed by atoms with van der Waals surface area (Å²) >= 11 is 5.18. The topological polar surface area (TPSA) is 39.2 Å². The van der Waals surface area contributed by atoms with Gasteiger partial charge in [-0.2, -0.15) is 0 Å².